The summed E-state index contributed by atoms with van der Waals surface area (Å²) in [5.41, 5.74) is 2.64. The van der Waals surface area contributed by atoms with Gasteiger partial charge in [-0.3, -0.25) is 4.79 Å². The van der Waals surface area contributed by atoms with Crippen molar-refractivity contribution >= 4 is 35.2 Å². The van der Waals surface area contributed by atoms with E-state index in [1.54, 1.807) is 13.0 Å². The second-order valence-corrected chi connectivity index (χ2v) is 5.57. The molecule has 2 N–H and O–H groups in total. The summed E-state index contributed by atoms with van der Waals surface area (Å²) in [6, 6.07) is 12.0. The van der Waals surface area contributed by atoms with Crippen LogP contribution in [0.2, 0.25) is 5.02 Å². The van der Waals surface area contributed by atoms with Crippen molar-refractivity contribution in [1.29, 1.82) is 0 Å². The van der Waals surface area contributed by atoms with E-state index >= 15 is 0 Å². The van der Waals surface area contributed by atoms with E-state index in [2.05, 4.69) is 5.32 Å². The molecule has 0 aliphatic heterocycles. The third kappa shape index (κ3) is 4.20. The molecule has 0 spiro atoms. The second-order valence-electron chi connectivity index (χ2n) is 5.13. The molecule has 0 atom stereocenters. The predicted molar refractivity (Wildman–Crippen MR) is 91.9 cm³/mol. The summed E-state index contributed by atoms with van der Waals surface area (Å²) in [6.07, 6.45) is 1.76. The summed E-state index contributed by atoms with van der Waals surface area (Å²) in [5.74, 6) is -1.51. The lowest BCUT2D eigenvalue weighted by molar-refractivity contribution is -0.112. The van der Waals surface area contributed by atoms with E-state index in [9.17, 15) is 14.7 Å². The first-order valence-electron chi connectivity index (χ1n) is 6.96. The van der Waals surface area contributed by atoms with Crippen molar-refractivity contribution in [2.45, 2.75) is 13.8 Å². The van der Waals surface area contributed by atoms with Gasteiger partial charge in [0.1, 0.15) is 0 Å². The van der Waals surface area contributed by atoms with Gasteiger partial charge in [-0.2, -0.15) is 0 Å². The maximum Gasteiger partial charge on any atom is 0.337 e. The van der Waals surface area contributed by atoms with Crippen molar-refractivity contribution in [3.8, 4) is 0 Å². The highest BCUT2D eigenvalue weighted by molar-refractivity contribution is 6.31. The Kier molecular flexibility index (Phi) is 5.19. The molecule has 0 aliphatic rings. The number of benzene rings is 2. The first-order valence-corrected chi connectivity index (χ1v) is 7.34. The van der Waals surface area contributed by atoms with Crippen molar-refractivity contribution in [3.05, 3.63) is 69.8 Å². The molecule has 4 nitrogen and oxygen atoms in total. The summed E-state index contributed by atoms with van der Waals surface area (Å²) in [7, 11) is 0. The van der Waals surface area contributed by atoms with Gasteiger partial charge in [-0.25, -0.2) is 4.79 Å². The van der Waals surface area contributed by atoms with Crippen molar-refractivity contribution in [3.63, 3.8) is 0 Å². The largest absolute Gasteiger partial charge is 0.478 e. The molecule has 0 aromatic heterocycles. The number of halogens is 1. The molecule has 23 heavy (non-hydrogen) atoms. The van der Waals surface area contributed by atoms with Gasteiger partial charge in [0, 0.05) is 10.6 Å². The zero-order valence-corrected chi connectivity index (χ0v) is 13.5. The van der Waals surface area contributed by atoms with Crippen LogP contribution in [0.4, 0.5) is 5.69 Å². The number of aromatic carboxylic acids is 1. The van der Waals surface area contributed by atoms with Gasteiger partial charge in [-0.05, 0) is 49.2 Å². The first kappa shape index (κ1) is 16.8. The Bertz CT molecular complexity index is 797. The van der Waals surface area contributed by atoms with Crippen molar-refractivity contribution < 1.29 is 14.7 Å². The van der Waals surface area contributed by atoms with Crippen LogP contribution in [0.25, 0.3) is 6.08 Å². The molecule has 0 heterocycles. The molecule has 0 saturated carbocycles. The van der Waals surface area contributed by atoms with Gasteiger partial charge >= 0.3 is 5.97 Å². The van der Waals surface area contributed by atoms with Gasteiger partial charge < -0.3 is 10.4 Å². The Morgan fingerprint density at radius 1 is 1.17 bits per heavy atom. The third-order valence-electron chi connectivity index (χ3n) is 3.38. The average molecular weight is 330 g/mol. The Labute approximate surface area is 139 Å². The minimum Gasteiger partial charge on any atom is -0.478 e. The molecule has 0 saturated heterocycles. The summed E-state index contributed by atoms with van der Waals surface area (Å²) in [5, 5.41) is 12.1. The lowest BCUT2D eigenvalue weighted by atomic mass is 10.1. The van der Waals surface area contributed by atoms with Crippen LogP contribution in [0.15, 0.2) is 48.0 Å². The second kappa shape index (κ2) is 7.11. The van der Waals surface area contributed by atoms with Gasteiger partial charge in [0.15, 0.2) is 0 Å². The molecule has 2 rings (SSSR count). The number of amides is 1. The van der Waals surface area contributed by atoms with E-state index in [4.69, 9.17) is 11.6 Å². The Morgan fingerprint density at radius 3 is 2.52 bits per heavy atom. The topological polar surface area (TPSA) is 66.4 Å². The Morgan fingerprint density at radius 2 is 1.87 bits per heavy atom. The van der Waals surface area contributed by atoms with E-state index in [1.807, 2.05) is 31.2 Å². The van der Waals surface area contributed by atoms with Crippen LogP contribution in [0.1, 0.15) is 28.4 Å². The molecule has 5 heteroatoms. The van der Waals surface area contributed by atoms with Crippen LogP contribution in [-0.4, -0.2) is 17.0 Å². The normalized spacial score (nSPS) is 11.2. The zero-order valence-electron chi connectivity index (χ0n) is 12.8. The summed E-state index contributed by atoms with van der Waals surface area (Å²) in [4.78, 5) is 23.5. The van der Waals surface area contributed by atoms with E-state index in [-0.39, 0.29) is 17.2 Å². The number of aryl methyl sites for hydroxylation is 1. The van der Waals surface area contributed by atoms with Gasteiger partial charge in [0.25, 0.3) is 5.91 Å². The number of rotatable bonds is 4. The lowest BCUT2D eigenvalue weighted by Crippen LogP contribution is -2.15. The van der Waals surface area contributed by atoms with E-state index in [0.29, 0.717) is 10.6 Å². The zero-order chi connectivity index (χ0) is 17.0. The molecule has 0 radical (unpaired) electrons. The molecule has 2 aromatic carbocycles. The molecule has 118 valence electrons. The number of carbonyl (C=O) groups is 2. The smallest absolute Gasteiger partial charge is 0.337 e. The monoisotopic (exact) mass is 329 g/mol. The number of anilines is 1. The van der Waals surface area contributed by atoms with Crippen LogP contribution < -0.4 is 5.32 Å². The van der Waals surface area contributed by atoms with Crippen LogP contribution in [0, 0.1) is 6.92 Å². The number of carboxylic acid groups (broad SMARTS) is 1. The number of hydrogen-bond donors (Lipinski definition) is 2. The fourth-order valence-electron chi connectivity index (χ4n) is 2.07. The molecule has 2 aromatic rings. The van der Waals surface area contributed by atoms with Gasteiger partial charge in [0.05, 0.1) is 11.3 Å². The summed E-state index contributed by atoms with van der Waals surface area (Å²) >= 11 is 5.80. The standard InChI is InChI=1S/C18H16ClNO3/c1-11-5-3-4-6-13(11)9-12(2)17(21)20-16-8-7-14(19)10-15(16)18(22)23/h3-10H,1-2H3,(H,20,21)(H,22,23). The van der Waals surface area contributed by atoms with E-state index < -0.39 is 5.97 Å². The molecule has 0 fully saturated rings. The maximum atomic E-state index is 12.3. The van der Waals surface area contributed by atoms with Crippen LogP contribution in [0.3, 0.4) is 0 Å². The number of carbonyl (C=O) groups excluding carboxylic acids is 1. The van der Waals surface area contributed by atoms with Crippen LogP contribution in [-0.2, 0) is 4.79 Å². The number of nitrogens with one attached hydrogen (secondary N) is 1. The molecule has 1 amide bonds. The minimum absolute atomic E-state index is 0.0467. The minimum atomic E-state index is -1.15. The Balaban J connectivity index is 2.26. The average Bonchev–Trinajstić information content (AvgIpc) is 2.51. The summed E-state index contributed by atoms with van der Waals surface area (Å²) in [6.45, 7) is 3.64. The quantitative estimate of drug-likeness (QED) is 0.817. The number of carboxylic acids is 1. The highest BCUT2D eigenvalue weighted by atomic mass is 35.5. The fraction of sp³-hybridized carbons (Fsp3) is 0.111. The molecular formula is C18H16ClNO3. The molecular weight excluding hydrogens is 314 g/mol. The van der Waals surface area contributed by atoms with Gasteiger partial charge in [-0.15, -0.1) is 0 Å². The van der Waals surface area contributed by atoms with E-state index in [1.165, 1.54) is 18.2 Å². The molecule has 0 unspecified atom stereocenters. The van der Waals surface area contributed by atoms with Gasteiger partial charge in [0.2, 0.25) is 0 Å². The van der Waals surface area contributed by atoms with Crippen LogP contribution in [0.5, 0.6) is 0 Å². The molecule has 0 bridgehead atoms. The molecule has 0 aliphatic carbocycles. The van der Waals surface area contributed by atoms with Crippen molar-refractivity contribution in [2.75, 3.05) is 5.32 Å². The Hall–Kier alpha value is -2.59. The summed E-state index contributed by atoms with van der Waals surface area (Å²) < 4.78 is 0. The van der Waals surface area contributed by atoms with Crippen molar-refractivity contribution in [2.24, 2.45) is 0 Å². The maximum absolute atomic E-state index is 12.3. The predicted octanol–water partition coefficient (Wildman–Crippen LogP) is 4.39. The van der Waals surface area contributed by atoms with Gasteiger partial charge in [-0.1, -0.05) is 35.9 Å². The highest BCUT2D eigenvalue weighted by Gasteiger charge is 2.14. The fourth-order valence-corrected chi connectivity index (χ4v) is 2.24. The van der Waals surface area contributed by atoms with E-state index in [0.717, 1.165) is 11.1 Å². The highest BCUT2D eigenvalue weighted by Crippen LogP contribution is 2.22. The number of hydrogen-bond acceptors (Lipinski definition) is 2. The SMILES string of the molecule is CC(=Cc1ccccc1C)C(=O)Nc1ccc(Cl)cc1C(=O)O. The van der Waals surface area contributed by atoms with Crippen LogP contribution >= 0.6 is 11.6 Å². The first-order chi connectivity index (χ1) is 10.9. The lowest BCUT2D eigenvalue weighted by Gasteiger charge is -2.09. The van der Waals surface area contributed by atoms with Crippen molar-refractivity contribution in [1.82, 2.24) is 0 Å². The third-order valence-corrected chi connectivity index (χ3v) is 3.61.